The molecule has 2 heterocycles. The highest BCUT2D eigenvalue weighted by molar-refractivity contribution is 6.18. The van der Waals surface area contributed by atoms with E-state index in [9.17, 15) is 19.2 Å². The zero-order chi connectivity index (χ0) is 21.5. The SMILES string of the molecule is CC(C)OC(=O)c1ccc(NC(=O)[C@]23CCC(=O)N2c2ccccc2C(=O)N3)cc1. The third kappa shape index (κ3) is 3.20. The van der Waals surface area contributed by atoms with E-state index in [4.69, 9.17) is 4.74 Å². The Labute approximate surface area is 173 Å². The second kappa shape index (κ2) is 7.29. The van der Waals surface area contributed by atoms with Crippen LogP contribution in [0.15, 0.2) is 48.5 Å². The van der Waals surface area contributed by atoms with Gasteiger partial charge in [0.15, 0.2) is 0 Å². The van der Waals surface area contributed by atoms with E-state index in [0.29, 0.717) is 22.5 Å². The Hall–Kier alpha value is -3.68. The molecule has 30 heavy (non-hydrogen) atoms. The molecule has 0 aliphatic carbocycles. The van der Waals surface area contributed by atoms with Crippen molar-refractivity contribution >= 4 is 35.1 Å². The maximum absolute atomic E-state index is 13.2. The van der Waals surface area contributed by atoms with Gasteiger partial charge in [0.2, 0.25) is 11.6 Å². The first-order chi connectivity index (χ1) is 14.3. The molecule has 1 saturated heterocycles. The number of carbonyl (C=O) groups is 4. The van der Waals surface area contributed by atoms with Crippen LogP contribution in [-0.4, -0.2) is 35.5 Å². The number of nitrogens with zero attached hydrogens (tertiary/aromatic N) is 1. The summed E-state index contributed by atoms with van der Waals surface area (Å²) in [4.78, 5) is 51.8. The number of carbonyl (C=O) groups excluding carboxylic acids is 4. The molecule has 1 fully saturated rings. The zero-order valence-corrected chi connectivity index (χ0v) is 16.6. The van der Waals surface area contributed by atoms with Crippen molar-refractivity contribution < 1.29 is 23.9 Å². The molecule has 4 rings (SSSR count). The van der Waals surface area contributed by atoms with Crippen molar-refractivity contribution in [2.24, 2.45) is 0 Å². The highest BCUT2D eigenvalue weighted by atomic mass is 16.5. The molecular formula is C22H21N3O5. The summed E-state index contributed by atoms with van der Waals surface area (Å²) in [6.45, 7) is 3.52. The van der Waals surface area contributed by atoms with Crippen molar-refractivity contribution in [3.63, 3.8) is 0 Å². The molecule has 8 heteroatoms. The number of rotatable bonds is 4. The van der Waals surface area contributed by atoms with E-state index in [1.165, 1.54) is 4.90 Å². The van der Waals surface area contributed by atoms with Gasteiger partial charge >= 0.3 is 5.97 Å². The van der Waals surface area contributed by atoms with Crippen molar-refractivity contribution in [2.75, 3.05) is 10.2 Å². The minimum absolute atomic E-state index is 0.141. The number of hydrogen-bond acceptors (Lipinski definition) is 5. The lowest BCUT2D eigenvalue weighted by atomic mass is 9.98. The number of anilines is 2. The Morgan fingerprint density at radius 1 is 1.10 bits per heavy atom. The van der Waals surface area contributed by atoms with Crippen LogP contribution in [0.5, 0.6) is 0 Å². The van der Waals surface area contributed by atoms with Crippen LogP contribution in [0.25, 0.3) is 0 Å². The van der Waals surface area contributed by atoms with Crippen LogP contribution in [-0.2, 0) is 14.3 Å². The molecule has 0 saturated carbocycles. The van der Waals surface area contributed by atoms with Crippen molar-refractivity contribution in [1.29, 1.82) is 0 Å². The van der Waals surface area contributed by atoms with Crippen molar-refractivity contribution in [3.8, 4) is 0 Å². The first-order valence-corrected chi connectivity index (χ1v) is 9.69. The van der Waals surface area contributed by atoms with Crippen LogP contribution in [0.1, 0.15) is 47.4 Å². The van der Waals surface area contributed by atoms with E-state index >= 15 is 0 Å². The number of ether oxygens (including phenoxy) is 1. The molecule has 154 valence electrons. The molecule has 0 spiro atoms. The number of para-hydroxylation sites is 1. The van der Waals surface area contributed by atoms with E-state index in [1.807, 2.05) is 0 Å². The lowest BCUT2D eigenvalue weighted by Gasteiger charge is -2.41. The molecule has 2 aromatic rings. The molecule has 0 aromatic heterocycles. The largest absolute Gasteiger partial charge is 0.459 e. The second-order valence-electron chi connectivity index (χ2n) is 7.55. The molecule has 3 amide bonds. The van der Waals surface area contributed by atoms with Gasteiger partial charge in [0.05, 0.1) is 22.9 Å². The Kier molecular flexibility index (Phi) is 4.77. The van der Waals surface area contributed by atoms with Gasteiger partial charge in [-0.2, -0.15) is 0 Å². The van der Waals surface area contributed by atoms with E-state index < -0.39 is 23.4 Å². The van der Waals surface area contributed by atoms with Gasteiger partial charge in [0, 0.05) is 18.5 Å². The Morgan fingerprint density at radius 3 is 2.50 bits per heavy atom. The standard InChI is InChI=1S/C22H21N3O5/c1-13(2)30-20(28)14-7-9-15(10-8-14)23-21(29)22-12-11-18(26)25(22)17-6-4-3-5-16(17)19(27)24-22/h3-10,13H,11-12H2,1-2H3,(H,23,29)(H,24,27)/t22-/m0/s1. The second-order valence-corrected chi connectivity index (χ2v) is 7.55. The van der Waals surface area contributed by atoms with Crippen LogP contribution in [0.3, 0.4) is 0 Å². The number of benzene rings is 2. The third-order valence-corrected chi connectivity index (χ3v) is 5.14. The average Bonchev–Trinajstić information content (AvgIpc) is 3.06. The molecule has 2 aliphatic rings. The Bertz CT molecular complexity index is 1050. The zero-order valence-electron chi connectivity index (χ0n) is 16.6. The maximum Gasteiger partial charge on any atom is 0.338 e. The van der Waals surface area contributed by atoms with Crippen LogP contribution in [0.4, 0.5) is 11.4 Å². The summed E-state index contributed by atoms with van der Waals surface area (Å²) in [5.74, 6) is -1.61. The number of fused-ring (bicyclic) bond motifs is 3. The quantitative estimate of drug-likeness (QED) is 0.758. The van der Waals surface area contributed by atoms with Crippen LogP contribution in [0.2, 0.25) is 0 Å². The summed E-state index contributed by atoms with van der Waals surface area (Å²) < 4.78 is 5.15. The van der Waals surface area contributed by atoms with Gasteiger partial charge < -0.3 is 15.4 Å². The van der Waals surface area contributed by atoms with Crippen molar-refractivity contribution in [2.45, 2.75) is 38.5 Å². The minimum atomic E-state index is -1.49. The fraction of sp³-hybridized carbons (Fsp3) is 0.273. The summed E-state index contributed by atoms with van der Waals surface area (Å²) in [6.07, 6.45) is 0.0677. The van der Waals surface area contributed by atoms with Crippen molar-refractivity contribution in [3.05, 3.63) is 59.7 Å². The molecule has 2 aliphatic heterocycles. The number of esters is 1. The number of hydrogen-bond donors (Lipinski definition) is 2. The van der Waals surface area contributed by atoms with Crippen LogP contribution in [0, 0.1) is 0 Å². The van der Waals surface area contributed by atoms with Crippen molar-refractivity contribution in [1.82, 2.24) is 5.32 Å². The van der Waals surface area contributed by atoms with Gasteiger partial charge in [-0.15, -0.1) is 0 Å². The highest BCUT2D eigenvalue weighted by Crippen LogP contribution is 2.39. The topological polar surface area (TPSA) is 105 Å². The van der Waals surface area contributed by atoms with Gasteiger partial charge in [0.25, 0.3) is 11.8 Å². The van der Waals surface area contributed by atoms with Gasteiger partial charge in [-0.25, -0.2) is 4.79 Å². The molecule has 0 unspecified atom stereocenters. The molecule has 2 N–H and O–H groups in total. The molecule has 2 aromatic carbocycles. The van der Waals surface area contributed by atoms with Gasteiger partial charge in [-0.3, -0.25) is 19.3 Å². The first-order valence-electron chi connectivity index (χ1n) is 9.69. The molecule has 0 bridgehead atoms. The minimum Gasteiger partial charge on any atom is -0.459 e. The lowest BCUT2D eigenvalue weighted by molar-refractivity contribution is -0.124. The van der Waals surface area contributed by atoms with Gasteiger partial charge in [0.1, 0.15) is 0 Å². The maximum atomic E-state index is 13.2. The molecule has 1 atom stereocenters. The summed E-state index contributed by atoms with van der Waals surface area (Å²) in [6, 6.07) is 12.9. The summed E-state index contributed by atoms with van der Waals surface area (Å²) >= 11 is 0. The lowest BCUT2D eigenvalue weighted by Crippen LogP contribution is -2.68. The number of amides is 3. The fourth-order valence-corrected chi connectivity index (χ4v) is 3.78. The molecular weight excluding hydrogens is 386 g/mol. The average molecular weight is 407 g/mol. The first kappa shape index (κ1) is 19.6. The highest BCUT2D eigenvalue weighted by Gasteiger charge is 2.56. The van der Waals surface area contributed by atoms with Crippen LogP contribution >= 0.6 is 0 Å². The molecule has 8 nitrogen and oxygen atoms in total. The van der Waals surface area contributed by atoms with Crippen LogP contribution < -0.4 is 15.5 Å². The summed E-state index contributed by atoms with van der Waals surface area (Å²) in [7, 11) is 0. The normalized spacial score (nSPS) is 19.8. The van der Waals surface area contributed by atoms with E-state index in [1.54, 1.807) is 62.4 Å². The van der Waals surface area contributed by atoms with Gasteiger partial charge in [-0.1, -0.05) is 12.1 Å². The molecule has 0 radical (unpaired) electrons. The fourth-order valence-electron chi connectivity index (χ4n) is 3.78. The predicted octanol–water partition coefficient (Wildman–Crippen LogP) is 2.46. The van der Waals surface area contributed by atoms with Gasteiger partial charge in [-0.05, 0) is 50.2 Å². The van der Waals surface area contributed by atoms with E-state index in [0.717, 1.165) is 0 Å². The Balaban J connectivity index is 1.59. The van der Waals surface area contributed by atoms with E-state index in [2.05, 4.69) is 10.6 Å². The number of nitrogens with one attached hydrogen (secondary N) is 2. The summed E-state index contributed by atoms with van der Waals surface area (Å²) in [5, 5.41) is 5.48. The smallest absolute Gasteiger partial charge is 0.338 e. The van der Waals surface area contributed by atoms with E-state index in [-0.39, 0.29) is 24.9 Å². The monoisotopic (exact) mass is 407 g/mol. The Morgan fingerprint density at radius 2 is 1.80 bits per heavy atom. The summed E-state index contributed by atoms with van der Waals surface area (Å²) in [5.41, 5.74) is 0.0767. The predicted molar refractivity (Wildman–Crippen MR) is 109 cm³/mol. The third-order valence-electron chi connectivity index (χ3n) is 5.14.